The van der Waals surface area contributed by atoms with E-state index in [2.05, 4.69) is 0 Å². The number of hydrogen-bond donors (Lipinski definition) is 1. The van der Waals surface area contributed by atoms with E-state index in [1.54, 1.807) is 58.2 Å². The van der Waals surface area contributed by atoms with Crippen LogP contribution >= 0.6 is 0 Å². The number of hydrogen-bond acceptors (Lipinski definition) is 5. The fourth-order valence-corrected chi connectivity index (χ4v) is 2.22. The number of carbonyl (C=O) groups excluding carboxylic acids is 2. The van der Waals surface area contributed by atoms with Gasteiger partial charge >= 0.3 is 12.1 Å². The first-order valence-corrected chi connectivity index (χ1v) is 7.70. The fourth-order valence-electron chi connectivity index (χ4n) is 2.22. The number of nitrogens with two attached hydrogens (primary N) is 1. The van der Waals surface area contributed by atoms with Crippen molar-refractivity contribution in [1.29, 1.82) is 0 Å². The summed E-state index contributed by atoms with van der Waals surface area (Å²) >= 11 is 0. The number of nitrogen functional groups attached to an aromatic ring is 1. The van der Waals surface area contributed by atoms with Crippen molar-refractivity contribution >= 4 is 34.7 Å². The van der Waals surface area contributed by atoms with Gasteiger partial charge in [0.15, 0.2) is 0 Å². The van der Waals surface area contributed by atoms with Gasteiger partial charge in [-0.1, -0.05) is 0 Å². The van der Waals surface area contributed by atoms with Crippen LogP contribution < -0.4 is 5.73 Å². The normalized spacial score (nSPS) is 11.8. The van der Waals surface area contributed by atoms with Crippen molar-refractivity contribution in [3.05, 3.63) is 36.0 Å². The zero-order valence-corrected chi connectivity index (χ0v) is 14.3. The van der Waals surface area contributed by atoms with Gasteiger partial charge in [0.25, 0.3) is 0 Å². The first-order valence-electron chi connectivity index (χ1n) is 7.70. The lowest BCUT2D eigenvalue weighted by Crippen LogP contribution is -2.26. The van der Waals surface area contributed by atoms with Crippen molar-refractivity contribution in [3.8, 4) is 0 Å². The molecule has 6 nitrogen and oxygen atoms in total. The molecule has 1 aromatic carbocycles. The van der Waals surface area contributed by atoms with Crippen LogP contribution in [-0.2, 0) is 14.3 Å². The maximum absolute atomic E-state index is 12.4. The minimum Gasteiger partial charge on any atom is -0.463 e. The molecule has 0 atom stereocenters. The Morgan fingerprint density at radius 1 is 1.29 bits per heavy atom. The van der Waals surface area contributed by atoms with E-state index in [0.29, 0.717) is 23.4 Å². The first-order chi connectivity index (χ1) is 11.2. The average Bonchev–Trinajstić information content (AvgIpc) is 2.82. The molecular formula is C18H22N2O4. The summed E-state index contributed by atoms with van der Waals surface area (Å²) in [6, 6.07) is 5.21. The predicted octanol–water partition coefficient (Wildman–Crippen LogP) is 3.58. The van der Waals surface area contributed by atoms with E-state index in [1.807, 2.05) is 0 Å². The van der Waals surface area contributed by atoms with Gasteiger partial charge in [-0.2, -0.15) is 0 Å². The second-order valence-electron chi connectivity index (χ2n) is 6.30. The predicted molar refractivity (Wildman–Crippen MR) is 93.6 cm³/mol. The Morgan fingerprint density at radius 2 is 2.00 bits per heavy atom. The summed E-state index contributed by atoms with van der Waals surface area (Å²) in [4.78, 5) is 23.9. The Balaban J connectivity index is 2.47. The van der Waals surface area contributed by atoms with Crippen LogP contribution in [0.15, 0.2) is 30.5 Å². The molecule has 2 aromatic rings. The second-order valence-corrected chi connectivity index (χ2v) is 6.30. The van der Waals surface area contributed by atoms with Gasteiger partial charge in [0.1, 0.15) is 5.60 Å². The van der Waals surface area contributed by atoms with Crippen LogP contribution in [0.3, 0.4) is 0 Å². The third-order valence-corrected chi connectivity index (χ3v) is 3.14. The van der Waals surface area contributed by atoms with Crippen molar-refractivity contribution in [1.82, 2.24) is 4.57 Å². The minimum absolute atomic E-state index is 0.301. The Morgan fingerprint density at radius 3 is 2.62 bits per heavy atom. The Labute approximate surface area is 140 Å². The third kappa shape index (κ3) is 4.16. The Kier molecular flexibility index (Phi) is 4.97. The molecule has 0 aliphatic heterocycles. The molecule has 24 heavy (non-hydrogen) atoms. The molecule has 0 fully saturated rings. The molecule has 0 bridgehead atoms. The molecule has 0 unspecified atom stereocenters. The van der Waals surface area contributed by atoms with Gasteiger partial charge in [-0.05, 0) is 52.0 Å². The maximum Gasteiger partial charge on any atom is 0.419 e. The van der Waals surface area contributed by atoms with Gasteiger partial charge in [0.05, 0.1) is 12.1 Å². The third-order valence-electron chi connectivity index (χ3n) is 3.14. The summed E-state index contributed by atoms with van der Waals surface area (Å²) in [7, 11) is 0. The maximum atomic E-state index is 12.4. The van der Waals surface area contributed by atoms with Crippen molar-refractivity contribution in [2.45, 2.75) is 33.3 Å². The van der Waals surface area contributed by atoms with Crippen molar-refractivity contribution in [2.24, 2.45) is 0 Å². The molecule has 1 aromatic heterocycles. The van der Waals surface area contributed by atoms with Gasteiger partial charge in [-0.15, -0.1) is 0 Å². The molecule has 0 saturated carbocycles. The molecule has 2 rings (SSSR count). The van der Waals surface area contributed by atoms with Crippen LogP contribution in [0.25, 0.3) is 17.0 Å². The van der Waals surface area contributed by atoms with Crippen LogP contribution in [0.1, 0.15) is 33.3 Å². The highest BCUT2D eigenvalue weighted by molar-refractivity contribution is 5.99. The Bertz CT molecular complexity index is 797. The number of nitrogens with zero attached hydrogens (tertiary/aromatic N) is 1. The minimum atomic E-state index is -0.609. The lowest BCUT2D eigenvalue weighted by molar-refractivity contribution is -0.137. The number of esters is 1. The second kappa shape index (κ2) is 6.78. The molecule has 128 valence electrons. The van der Waals surface area contributed by atoms with Crippen molar-refractivity contribution in [3.63, 3.8) is 0 Å². The zero-order chi connectivity index (χ0) is 17.9. The van der Waals surface area contributed by atoms with E-state index in [1.165, 1.54) is 10.6 Å². The molecule has 0 aliphatic rings. The average molecular weight is 330 g/mol. The van der Waals surface area contributed by atoms with Gasteiger partial charge in [-0.3, -0.25) is 4.57 Å². The summed E-state index contributed by atoms with van der Waals surface area (Å²) in [6.07, 6.45) is 4.04. The van der Waals surface area contributed by atoms with Gasteiger partial charge in [0.2, 0.25) is 0 Å². The number of carbonyl (C=O) groups is 2. The van der Waals surface area contributed by atoms with Crippen LogP contribution in [0.4, 0.5) is 10.5 Å². The molecule has 2 N–H and O–H groups in total. The highest BCUT2D eigenvalue weighted by Crippen LogP contribution is 2.26. The number of aromatic nitrogens is 1. The summed E-state index contributed by atoms with van der Waals surface area (Å²) in [5.74, 6) is -0.445. The fraction of sp³-hybridized carbons (Fsp3) is 0.333. The summed E-state index contributed by atoms with van der Waals surface area (Å²) < 4.78 is 11.7. The Hall–Kier alpha value is -2.76. The van der Waals surface area contributed by atoms with Crippen LogP contribution in [0.2, 0.25) is 0 Å². The number of fused-ring (bicyclic) bond motifs is 1. The molecule has 1 heterocycles. The lowest BCUT2D eigenvalue weighted by atomic mass is 10.1. The summed E-state index contributed by atoms with van der Waals surface area (Å²) in [6.45, 7) is 7.44. The van der Waals surface area contributed by atoms with Gasteiger partial charge < -0.3 is 15.2 Å². The zero-order valence-electron chi connectivity index (χ0n) is 14.3. The standard InChI is InChI=1S/C18H22N2O4/c1-5-23-16(21)9-6-12-11-20(17(22)24-18(2,3)4)15-8-7-13(19)10-14(12)15/h6-11H,5,19H2,1-4H3. The summed E-state index contributed by atoms with van der Waals surface area (Å²) in [5, 5.41) is 0.751. The van der Waals surface area contributed by atoms with Gasteiger partial charge in [-0.25, -0.2) is 9.59 Å². The largest absolute Gasteiger partial charge is 0.463 e. The molecule has 0 radical (unpaired) electrons. The highest BCUT2D eigenvalue weighted by Gasteiger charge is 2.20. The molecule has 6 heteroatoms. The molecule has 0 saturated heterocycles. The molecular weight excluding hydrogens is 308 g/mol. The molecule has 0 aliphatic carbocycles. The van der Waals surface area contributed by atoms with Crippen LogP contribution in [-0.4, -0.2) is 28.8 Å². The highest BCUT2D eigenvalue weighted by atomic mass is 16.6. The number of anilines is 1. The van der Waals surface area contributed by atoms with E-state index in [4.69, 9.17) is 15.2 Å². The number of benzene rings is 1. The van der Waals surface area contributed by atoms with E-state index >= 15 is 0 Å². The summed E-state index contributed by atoms with van der Waals surface area (Å²) in [5.41, 5.74) is 7.13. The van der Waals surface area contributed by atoms with E-state index in [-0.39, 0.29) is 0 Å². The van der Waals surface area contributed by atoms with Crippen LogP contribution in [0.5, 0.6) is 0 Å². The lowest BCUT2D eigenvalue weighted by Gasteiger charge is -2.19. The number of ether oxygens (including phenoxy) is 2. The smallest absolute Gasteiger partial charge is 0.419 e. The quantitative estimate of drug-likeness (QED) is 0.528. The van der Waals surface area contributed by atoms with Crippen molar-refractivity contribution < 1.29 is 19.1 Å². The van der Waals surface area contributed by atoms with Gasteiger partial charge in [0, 0.05) is 28.9 Å². The SMILES string of the molecule is CCOC(=O)C=Cc1cn(C(=O)OC(C)(C)C)c2ccc(N)cc12. The topological polar surface area (TPSA) is 83.5 Å². The van der Waals surface area contributed by atoms with E-state index in [0.717, 1.165) is 5.39 Å². The van der Waals surface area contributed by atoms with E-state index in [9.17, 15) is 9.59 Å². The monoisotopic (exact) mass is 330 g/mol. The first kappa shape index (κ1) is 17.6. The van der Waals surface area contributed by atoms with Crippen LogP contribution in [0, 0.1) is 0 Å². The molecule has 0 amide bonds. The van der Waals surface area contributed by atoms with Crippen molar-refractivity contribution in [2.75, 3.05) is 12.3 Å². The van der Waals surface area contributed by atoms with E-state index < -0.39 is 17.7 Å². The number of rotatable bonds is 3. The molecule has 0 spiro atoms.